The van der Waals surface area contributed by atoms with Crippen molar-refractivity contribution in [3.8, 4) is 0 Å². The molecule has 0 bridgehead atoms. The highest BCUT2D eigenvalue weighted by molar-refractivity contribution is 7.92. The molecule has 0 aliphatic carbocycles. The molecule has 18 heavy (non-hydrogen) atoms. The van der Waals surface area contributed by atoms with Crippen molar-refractivity contribution < 1.29 is 13.2 Å². The second kappa shape index (κ2) is 5.86. The Kier molecular flexibility index (Phi) is 4.72. The zero-order chi connectivity index (χ0) is 13.8. The first kappa shape index (κ1) is 14.5. The van der Waals surface area contributed by atoms with E-state index in [1.165, 1.54) is 0 Å². The Bertz CT molecular complexity index is 538. The molecule has 0 saturated heterocycles. The van der Waals surface area contributed by atoms with E-state index < -0.39 is 21.5 Å². The molecule has 6 heteroatoms. The van der Waals surface area contributed by atoms with Crippen molar-refractivity contribution in [2.45, 2.75) is 20.3 Å². The van der Waals surface area contributed by atoms with Crippen molar-refractivity contribution >= 4 is 27.1 Å². The van der Waals surface area contributed by atoms with E-state index in [9.17, 15) is 13.2 Å². The number of carbonyl (C=O) groups is 1. The van der Waals surface area contributed by atoms with Crippen LogP contribution in [0.25, 0.3) is 0 Å². The Balaban J connectivity index is 2.68. The predicted octanol–water partition coefficient (Wildman–Crippen LogP) is 1.34. The molecule has 0 saturated carbocycles. The van der Waals surface area contributed by atoms with Crippen molar-refractivity contribution in [2.24, 2.45) is 0 Å². The van der Waals surface area contributed by atoms with E-state index >= 15 is 0 Å². The van der Waals surface area contributed by atoms with E-state index in [-0.39, 0.29) is 5.75 Å². The lowest BCUT2D eigenvalue weighted by Gasteiger charge is -2.07. The van der Waals surface area contributed by atoms with Crippen molar-refractivity contribution in [2.75, 3.05) is 22.6 Å². The van der Waals surface area contributed by atoms with Gasteiger partial charge in [-0.3, -0.25) is 4.79 Å². The number of hydrogen-bond acceptors (Lipinski definition) is 4. The molecule has 5 nitrogen and oxygen atoms in total. The van der Waals surface area contributed by atoms with Gasteiger partial charge in [-0.1, -0.05) is 13.0 Å². The largest absolute Gasteiger partial charge is 0.398 e. The van der Waals surface area contributed by atoms with Gasteiger partial charge in [0.2, 0.25) is 5.91 Å². The minimum absolute atomic E-state index is 0.0243. The molecule has 1 rings (SSSR count). The summed E-state index contributed by atoms with van der Waals surface area (Å²) in [7, 11) is -3.31. The summed E-state index contributed by atoms with van der Waals surface area (Å²) in [4.78, 5) is 11.6. The first-order valence-electron chi connectivity index (χ1n) is 5.70. The fourth-order valence-corrected chi connectivity index (χ4v) is 2.74. The van der Waals surface area contributed by atoms with Gasteiger partial charge in [-0.15, -0.1) is 0 Å². The average Bonchev–Trinajstić information content (AvgIpc) is 2.22. The van der Waals surface area contributed by atoms with Crippen LogP contribution in [0.5, 0.6) is 0 Å². The second-order valence-corrected chi connectivity index (χ2v) is 6.40. The van der Waals surface area contributed by atoms with Gasteiger partial charge in [-0.05, 0) is 31.0 Å². The number of hydrogen-bond donors (Lipinski definition) is 2. The van der Waals surface area contributed by atoms with Crippen molar-refractivity contribution in [3.63, 3.8) is 0 Å². The summed E-state index contributed by atoms with van der Waals surface area (Å²) in [5, 5.41) is 2.53. The molecule has 0 radical (unpaired) electrons. The molecule has 1 aromatic carbocycles. The van der Waals surface area contributed by atoms with Gasteiger partial charge in [0.25, 0.3) is 0 Å². The number of nitrogens with two attached hydrogens (primary N) is 1. The van der Waals surface area contributed by atoms with Crippen LogP contribution >= 0.6 is 0 Å². The molecule has 0 aliphatic rings. The highest BCUT2D eigenvalue weighted by atomic mass is 32.2. The standard InChI is InChI=1S/C12H18N2O3S/c1-3-6-18(16,17)8-12(15)14-10-5-4-9(2)11(13)7-10/h4-5,7H,3,6,8,13H2,1-2H3,(H,14,15). The van der Waals surface area contributed by atoms with Gasteiger partial charge in [-0.2, -0.15) is 0 Å². The lowest BCUT2D eigenvalue weighted by molar-refractivity contribution is -0.113. The van der Waals surface area contributed by atoms with Gasteiger partial charge in [0.15, 0.2) is 9.84 Å². The van der Waals surface area contributed by atoms with Crippen LogP contribution in [0.3, 0.4) is 0 Å². The average molecular weight is 270 g/mol. The number of anilines is 2. The van der Waals surface area contributed by atoms with E-state index in [1.807, 2.05) is 6.92 Å². The number of carbonyl (C=O) groups excluding carboxylic acids is 1. The van der Waals surface area contributed by atoms with Crippen LogP contribution in [-0.2, 0) is 14.6 Å². The number of benzene rings is 1. The molecule has 0 unspecified atom stereocenters. The molecule has 0 aliphatic heterocycles. The van der Waals surface area contributed by atoms with E-state index in [4.69, 9.17) is 5.73 Å². The van der Waals surface area contributed by atoms with Crippen LogP contribution in [0.2, 0.25) is 0 Å². The Morgan fingerprint density at radius 3 is 2.61 bits per heavy atom. The first-order valence-corrected chi connectivity index (χ1v) is 7.52. The van der Waals surface area contributed by atoms with Gasteiger partial charge >= 0.3 is 0 Å². The van der Waals surface area contributed by atoms with Crippen LogP contribution in [0.4, 0.5) is 11.4 Å². The molecule has 3 N–H and O–H groups in total. The maximum absolute atomic E-state index is 11.6. The van der Waals surface area contributed by atoms with Crippen LogP contribution < -0.4 is 11.1 Å². The molecule has 100 valence electrons. The lowest BCUT2D eigenvalue weighted by Crippen LogP contribution is -2.24. The smallest absolute Gasteiger partial charge is 0.239 e. The summed E-state index contributed by atoms with van der Waals surface area (Å²) in [6, 6.07) is 5.07. The normalized spacial score (nSPS) is 11.2. The molecule has 1 aromatic rings. The van der Waals surface area contributed by atoms with Crippen LogP contribution in [-0.4, -0.2) is 25.8 Å². The zero-order valence-electron chi connectivity index (χ0n) is 10.6. The summed E-state index contributed by atoms with van der Waals surface area (Å²) in [6.45, 7) is 3.61. The Hall–Kier alpha value is -1.56. The quantitative estimate of drug-likeness (QED) is 0.790. The number of nitrogen functional groups attached to an aromatic ring is 1. The van der Waals surface area contributed by atoms with Crippen LogP contribution in [0, 0.1) is 6.92 Å². The maximum atomic E-state index is 11.6. The maximum Gasteiger partial charge on any atom is 0.239 e. The molecular formula is C12H18N2O3S. The first-order chi connectivity index (χ1) is 8.34. The van der Waals surface area contributed by atoms with Crippen molar-refractivity contribution in [1.29, 1.82) is 0 Å². The van der Waals surface area contributed by atoms with E-state index in [2.05, 4.69) is 5.32 Å². The van der Waals surface area contributed by atoms with Gasteiger partial charge in [0.05, 0.1) is 5.75 Å². The minimum atomic E-state index is -3.31. The molecule has 0 fully saturated rings. The highest BCUT2D eigenvalue weighted by Gasteiger charge is 2.15. The number of aryl methyl sites for hydroxylation is 1. The number of amides is 1. The van der Waals surface area contributed by atoms with Crippen LogP contribution in [0.15, 0.2) is 18.2 Å². The topological polar surface area (TPSA) is 89.3 Å². The summed E-state index contributed by atoms with van der Waals surface area (Å²) in [6.07, 6.45) is 0.507. The lowest BCUT2D eigenvalue weighted by atomic mass is 10.2. The fraction of sp³-hybridized carbons (Fsp3) is 0.417. The Labute approximate surface area is 107 Å². The van der Waals surface area contributed by atoms with E-state index in [1.54, 1.807) is 25.1 Å². The van der Waals surface area contributed by atoms with Gasteiger partial charge in [0.1, 0.15) is 5.75 Å². The highest BCUT2D eigenvalue weighted by Crippen LogP contribution is 2.16. The zero-order valence-corrected chi connectivity index (χ0v) is 11.4. The Morgan fingerprint density at radius 1 is 1.39 bits per heavy atom. The molecule has 0 aromatic heterocycles. The summed E-state index contributed by atoms with van der Waals surface area (Å²) < 4.78 is 22.9. The second-order valence-electron chi connectivity index (χ2n) is 4.21. The monoisotopic (exact) mass is 270 g/mol. The molecule has 0 heterocycles. The fourth-order valence-electron chi connectivity index (χ4n) is 1.50. The van der Waals surface area contributed by atoms with Gasteiger partial charge in [0, 0.05) is 11.4 Å². The van der Waals surface area contributed by atoms with E-state index in [0.717, 1.165) is 5.56 Å². The third-order valence-corrected chi connectivity index (χ3v) is 4.16. The van der Waals surface area contributed by atoms with Crippen molar-refractivity contribution in [1.82, 2.24) is 0 Å². The Morgan fingerprint density at radius 2 is 2.06 bits per heavy atom. The van der Waals surface area contributed by atoms with Crippen molar-refractivity contribution in [3.05, 3.63) is 23.8 Å². The summed E-state index contributed by atoms with van der Waals surface area (Å²) in [5.41, 5.74) is 7.68. The molecule has 1 amide bonds. The number of rotatable bonds is 5. The third kappa shape index (κ3) is 4.37. The van der Waals surface area contributed by atoms with Gasteiger partial charge in [-0.25, -0.2) is 8.42 Å². The van der Waals surface area contributed by atoms with Gasteiger partial charge < -0.3 is 11.1 Å². The summed E-state index contributed by atoms with van der Waals surface area (Å²) >= 11 is 0. The number of sulfone groups is 1. The molecular weight excluding hydrogens is 252 g/mol. The molecule has 0 atom stereocenters. The third-order valence-electron chi connectivity index (χ3n) is 2.43. The summed E-state index contributed by atoms with van der Waals surface area (Å²) in [5.74, 6) is -1.00. The van der Waals surface area contributed by atoms with Crippen LogP contribution in [0.1, 0.15) is 18.9 Å². The number of nitrogens with one attached hydrogen (secondary N) is 1. The molecule has 0 spiro atoms. The SMILES string of the molecule is CCCS(=O)(=O)CC(=O)Nc1ccc(C)c(N)c1. The minimum Gasteiger partial charge on any atom is -0.398 e. The van der Waals surface area contributed by atoms with E-state index in [0.29, 0.717) is 17.8 Å². The predicted molar refractivity (Wildman–Crippen MR) is 73.2 cm³/mol.